The number of fused-ring (bicyclic) bond motifs is 7. The lowest BCUT2D eigenvalue weighted by atomic mass is 9.67. The zero-order valence-electron chi connectivity index (χ0n) is 43.8. The van der Waals surface area contributed by atoms with Gasteiger partial charge in [-0.05, 0) is 119 Å². The molecule has 0 unspecified atom stereocenters. The molecule has 0 atom stereocenters. The van der Waals surface area contributed by atoms with Crippen LogP contribution < -0.4 is 5.46 Å². The Morgan fingerprint density at radius 3 is 1.10 bits per heavy atom. The van der Waals surface area contributed by atoms with Crippen molar-refractivity contribution >= 4 is 18.2 Å². The molecule has 2 N–H and O–H groups in total. The number of aromatic nitrogens is 2. The van der Waals surface area contributed by atoms with Crippen LogP contribution in [0.25, 0.3) is 72.7 Å². The third-order valence-electron chi connectivity index (χ3n) is 16.5. The zero-order valence-corrected chi connectivity index (χ0v) is 43.8. The van der Waals surface area contributed by atoms with E-state index in [1.54, 1.807) is 12.1 Å². The second-order valence-electron chi connectivity index (χ2n) is 20.8. The van der Waals surface area contributed by atoms with E-state index in [4.69, 9.17) is 4.98 Å². The molecule has 82 heavy (non-hydrogen) atoms. The normalized spacial score (nSPS) is 12.8. The van der Waals surface area contributed by atoms with E-state index in [0.717, 1.165) is 39.3 Å². The van der Waals surface area contributed by atoms with Crippen molar-refractivity contribution in [3.05, 3.63) is 354 Å². The molecule has 2 aromatic heterocycles. The van der Waals surface area contributed by atoms with Crippen molar-refractivity contribution in [2.45, 2.75) is 25.7 Å². The lowest BCUT2D eigenvalue weighted by Gasteiger charge is -2.34. The van der Waals surface area contributed by atoms with Gasteiger partial charge in [0.1, 0.15) is 5.65 Å². The van der Waals surface area contributed by atoms with E-state index in [1.807, 2.05) is 24.3 Å². The monoisotopic (exact) mass is 1060 g/mol. The molecule has 0 fully saturated rings. The van der Waals surface area contributed by atoms with Crippen LogP contribution >= 0.6 is 0 Å². The first-order valence-corrected chi connectivity index (χ1v) is 27.3. The van der Waals surface area contributed by atoms with Crippen LogP contribution in [-0.2, 0) is 10.8 Å². The zero-order chi connectivity index (χ0) is 53.6. The maximum absolute atomic E-state index is 9.49. The van der Waals surface area contributed by atoms with E-state index in [0.29, 0.717) is 5.46 Å². The van der Waals surface area contributed by atoms with Gasteiger partial charge in [0.15, 0.2) is 0 Å². The molecule has 0 aliphatic heterocycles. The van der Waals surface area contributed by atoms with Crippen LogP contribution in [-0.4, -0.2) is 26.6 Å². The standard InChI is InChI=1S/C44H30N2.C31H23BO2.2CH4/c1-4-14-32(15-5-1)42-43(46-29-13-12-22-41(46)45-42)33-25-23-31(24-26-33)34-27-28-38-37-20-10-11-21-39(37)44(40(38)30-34,35-16-6-2-7-17-35)36-18-8-3-9-19-36;33-32(34)26-18-15-22(16-19-26)23-17-20-28-27-13-7-8-14-29(27)31(30(28)21-23,24-9-3-1-4-10-24)25-11-5-2-6-12-25;;/h1-30H;1-21,33-34H;2*1H4. The van der Waals surface area contributed by atoms with Crippen LogP contribution in [0.4, 0.5) is 0 Å². The second-order valence-corrected chi connectivity index (χ2v) is 20.8. The summed E-state index contributed by atoms with van der Waals surface area (Å²) in [5.41, 5.74) is 24.8. The number of pyridine rings is 1. The molecule has 2 aliphatic rings. The van der Waals surface area contributed by atoms with Crippen LogP contribution in [0.5, 0.6) is 0 Å². The number of hydrogen-bond donors (Lipinski definition) is 2. The molecule has 0 saturated carbocycles. The molecule has 13 aromatic rings. The molecule has 11 aromatic carbocycles. The molecule has 15 rings (SSSR count). The minimum atomic E-state index is -1.47. The van der Waals surface area contributed by atoms with Crippen molar-refractivity contribution < 1.29 is 10.0 Å². The first kappa shape index (κ1) is 52.8. The van der Waals surface area contributed by atoms with Gasteiger partial charge < -0.3 is 10.0 Å². The summed E-state index contributed by atoms with van der Waals surface area (Å²) in [6.07, 6.45) is 2.10. The summed E-state index contributed by atoms with van der Waals surface area (Å²) in [5, 5.41) is 19.0. The fraction of sp³-hybridized carbons (Fsp3) is 0.0519. The first-order chi connectivity index (χ1) is 39.5. The van der Waals surface area contributed by atoms with Crippen LogP contribution in [0.1, 0.15) is 59.4 Å². The molecule has 0 radical (unpaired) electrons. The van der Waals surface area contributed by atoms with Gasteiger partial charge in [-0.1, -0.05) is 294 Å². The summed E-state index contributed by atoms with van der Waals surface area (Å²) in [7, 11) is -1.47. The number of hydrogen-bond acceptors (Lipinski definition) is 3. The van der Waals surface area contributed by atoms with Gasteiger partial charge in [0, 0.05) is 17.3 Å². The van der Waals surface area contributed by atoms with Crippen LogP contribution in [0.3, 0.4) is 0 Å². The third-order valence-corrected chi connectivity index (χ3v) is 16.5. The molecule has 0 amide bonds. The van der Waals surface area contributed by atoms with E-state index in [1.165, 1.54) is 77.9 Å². The molecule has 0 spiro atoms. The number of imidazole rings is 1. The maximum Gasteiger partial charge on any atom is 0.488 e. The maximum atomic E-state index is 9.49. The summed E-state index contributed by atoms with van der Waals surface area (Å²) < 4.78 is 2.19. The van der Waals surface area contributed by atoms with Crippen LogP contribution in [0.2, 0.25) is 0 Å². The van der Waals surface area contributed by atoms with Crippen molar-refractivity contribution in [3.63, 3.8) is 0 Å². The largest absolute Gasteiger partial charge is 0.488 e. The van der Waals surface area contributed by atoms with E-state index in [2.05, 4.69) is 278 Å². The first-order valence-electron chi connectivity index (χ1n) is 27.3. The Kier molecular flexibility index (Phi) is 14.1. The van der Waals surface area contributed by atoms with E-state index in [9.17, 15) is 10.0 Å². The lowest BCUT2D eigenvalue weighted by molar-refractivity contribution is 0.426. The van der Waals surface area contributed by atoms with Gasteiger partial charge in [0.25, 0.3) is 0 Å². The highest BCUT2D eigenvalue weighted by molar-refractivity contribution is 6.58. The van der Waals surface area contributed by atoms with Crippen molar-refractivity contribution in [3.8, 4) is 67.0 Å². The Hall–Kier alpha value is -9.91. The molecule has 5 heteroatoms. The highest BCUT2D eigenvalue weighted by Crippen LogP contribution is 2.58. The number of nitrogens with zero attached hydrogens (tertiary/aromatic N) is 2. The summed E-state index contributed by atoms with van der Waals surface area (Å²) in [6.45, 7) is 0. The van der Waals surface area contributed by atoms with Crippen molar-refractivity contribution in [1.29, 1.82) is 0 Å². The van der Waals surface area contributed by atoms with Crippen LogP contribution in [0.15, 0.2) is 310 Å². The average molecular weight is 1060 g/mol. The van der Waals surface area contributed by atoms with E-state index in [-0.39, 0.29) is 14.9 Å². The Balaban J connectivity index is 0.000000165. The van der Waals surface area contributed by atoms with Gasteiger partial charge in [0.05, 0.1) is 22.2 Å². The average Bonchev–Trinajstić information content (AvgIpc) is 2.17. The number of benzene rings is 11. The summed E-state index contributed by atoms with van der Waals surface area (Å²) in [4.78, 5) is 5.04. The predicted molar refractivity (Wildman–Crippen MR) is 341 cm³/mol. The van der Waals surface area contributed by atoms with Gasteiger partial charge in [0.2, 0.25) is 0 Å². The van der Waals surface area contributed by atoms with Gasteiger partial charge in [-0.15, -0.1) is 0 Å². The van der Waals surface area contributed by atoms with Gasteiger partial charge in [-0.25, -0.2) is 4.98 Å². The fourth-order valence-corrected chi connectivity index (χ4v) is 13.0. The third kappa shape index (κ3) is 8.61. The van der Waals surface area contributed by atoms with E-state index >= 15 is 0 Å². The van der Waals surface area contributed by atoms with Crippen molar-refractivity contribution in [2.24, 2.45) is 0 Å². The molecule has 0 saturated heterocycles. The molecular formula is C77H61BN2O2. The molecule has 394 valence electrons. The smallest absolute Gasteiger partial charge is 0.423 e. The summed E-state index contributed by atoms with van der Waals surface area (Å²) in [6, 6.07) is 108. The Bertz CT molecular complexity index is 4270. The number of rotatable bonds is 9. The second kappa shape index (κ2) is 22.0. The quantitative estimate of drug-likeness (QED) is 0.142. The predicted octanol–water partition coefficient (Wildman–Crippen LogP) is 17.4. The molecule has 0 bridgehead atoms. The van der Waals surface area contributed by atoms with Crippen LogP contribution in [0, 0.1) is 0 Å². The van der Waals surface area contributed by atoms with Crippen molar-refractivity contribution in [1.82, 2.24) is 9.38 Å². The Morgan fingerprint density at radius 2 is 0.659 bits per heavy atom. The minimum absolute atomic E-state index is 0. The SMILES string of the molecule is C.C.OB(O)c1ccc(-c2ccc3c(c2)C(c2ccccc2)(c2ccccc2)c2ccccc2-3)cc1.c1ccc(-c2nc3ccccn3c2-c2ccc(-c3ccc4c(c3)C(c3ccccc3)(c3ccccc3)c3ccccc3-4)cc2)cc1. The lowest BCUT2D eigenvalue weighted by Crippen LogP contribution is -2.29. The Labute approximate surface area is 481 Å². The topological polar surface area (TPSA) is 57.8 Å². The van der Waals surface area contributed by atoms with Crippen molar-refractivity contribution in [2.75, 3.05) is 0 Å². The summed E-state index contributed by atoms with van der Waals surface area (Å²) in [5.74, 6) is 0. The molecule has 2 aliphatic carbocycles. The highest BCUT2D eigenvalue weighted by atomic mass is 16.4. The van der Waals surface area contributed by atoms with Gasteiger partial charge >= 0.3 is 7.12 Å². The van der Waals surface area contributed by atoms with E-state index < -0.39 is 17.9 Å². The molecular weight excluding hydrogens is 996 g/mol. The fourth-order valence-electron chi connectivity index (χ4n) is 13.0. The van der Waals surface area contributed by atoms with Gasteiger partial charge in [-0.3, -0.25) is 4.40 Å². The van der Waals surface area contributed by atoms with Gasteiger partial charge in [-0.2, -0.15) is 0 Å². The molecule has 4 nitrogen and oxygen atoms in total. The summed E-state index contributed by atoms with van der Waals surface area (Å²) >= 11 is 0. The highest BCUT2D eigenvalue weighted by Gasteiger charge is 2.47. The molecule has 2 heterocycles. The minimum Gasteiger partial charge on any atom is -0.423 e. The Morgan fingerprint density at radius 1 is 0.305 bits per heavy atom.